The molecule has 0 atom stereocenters. The van der Waals surface area contributed by atoms with Crippen molar-refractivity contribution in [1.82, 2.24) is 19.0 Å². The smallest absolute Gasteiger partial charge is 0.326 e. The molecule has 1 fully saturated rings. The van der Waals surface area contributed by atoms with E-state index in [1.54, 1.807) is 17.7 Å². The molecule has 0 radical (unpaired) electrons. The Hall–Kier alpha value is -3.73. The summed E-state index contributed by atoms with van der Waals surface area (Å²) in [5.41, 5.74) is -0.635. The van der Waals surface area contributed by atoms with Crippen LogP contribution in [0.25, 0.3) is 16.7 Å². The van der Waals surface area contributed by atoms with Crippen molar-refractivity contribution in [3.05, 3.63) is 67.0 Å². The lowest BCUT2D eigenvalue weighted by Gasteiger charge is -2.25. The predicted molar refractivity (Wildman–Crippen MR) is 121 cm³/mol. The van der Waals surface area contributed by atoms with E-state index < -0.39 is 28.6 Å². The molecule has 11 nitrogen and oxygen atoms in total. The van der Waals surface area contributed by atoms with Crippen molar-refractivity contribution >= 4 is 22.7 Å². The van der Waals surface area contributed by atoms with E-state index in [0.717, 1.165) is 42.6 Å². The summed E-state index contributed by atoms with van der Waals surface area (Å²) >= 11 is 0. The van der Waals surface area contributed by atoms with Gasteiger partial charge in [0.25, 0.3) is 5.69 Å². The molecular weight excluding hydrogens is 430 g/mol. The number of aromatic amines is 1. The van der Waals surface area contributed by atoms with Gasteiger partial charge in [-0.15, -0.1) is 0 Å². The molecule has 0 bridgehead atoms. The summed E-state index contributed by atoms with van der Waals surface area (Å²) in [5, 5.41) is 11.8. The number of likely N-dealkylation sites (tertiary alicyclic amines) is 1. The van der Waals surface area contributed by atoms with Crippen molar-refractivity contribution in [3.8, 4) is 5.69 Å². The number of nitro groups is 1. The fourth-order valence-electron chi connectivity index (χ4n) is 4.20. The highest BCUT2D eigenvalue weighted by molar-refractivity contribution is 5.83. The van der Waals surface area contributed by atoms with Crippen LogP contribution in [-0.4, -0.2) is 49.6 Å². The zero-order chi connectivity index (χ0) is 23.5. The lowest BCUT2D eigenvalue weighted by Crippen LogP contribution is -2.38. The minimum Gasteiger partial charge on any atom is -0.465 e. The zero-order valence-corrected chi connectivity index (χ0v) is 18.3. The van der Waals surface area contributed by atoms with E-state index in [9.17, 15) is 24.5 Å². The summed E-state index contributed by atoms with van der Waals surface area (Å²) in [6, 6.07) is 4.55. The van der Waals surface area contributed by atoms with Crippen LogP contribution < -0.4 is 11.1 Å². The molecule has 3 aromatic rings. The van der Waals surface area contributed by atoms with E-state index in [2.05, 4.69) is 9.88 Å². The van der Waals surface area contributed by atoms with E-state index in [1.807, 2.05) is 12.3 Å². The number of carbonyl (C=O) groups is 1. The fourth-order valence-corrected chi connectivity index (χ4v) is 4.20. The van der Waals surface area contributed by atoms with E-state index >= 15 is 0 Å². The molecule has 33 heavy (non-hydrogen) atoms. The topological polar surface area (TPSA) is 132 Å². The monoisotopic (exact) mass is 455 g/mol. The molecule has 174 valence electrons. The second-order valence-corrected chi connectivity index (χ2v) is 8.03. The van der Waals surface area contributed by atoms with Gasteiger partial charge in [-0.2, -0.15) is 0 Å². The number of aromatic nitrogens is 3. The van der Waals surface area contributed by atoms with Crippen LogP contribution in [0.2, 0.25) is 0 Å². The molecule has 0 unspecified atom stereocenters. The van der Waals surface area contributed by atoms with Gasteiger partial charge in [0.1, 0.15) is 12.2 Å². The first-order valence-electron chi connectivity index (χ1n) is 10.9. The number of nitrogens with one attached hydrogen (secondary N) is 1. The fraction of sp³-hybridized carbons (Fsp3) is 0.409. The Balaban J connectivity index is 1.80. The van der Waals surface area contributed by atoms with Crippen LogP contribution in [0.5, 0.6) is 0 Å². The van der Waals surface area contributed by atoms with E-state index in [4.69, 9.17) is 4.74 Å². The number of piperidine rings is 1. The highest BCUT2D eigenvalue weighted by atomic mass is 16.6. The first-order valence-corrected chi connectivity index (χ1v) is 10.9. The number of nitrogens with zero attached hydrogens (tertiary/aromatic N) is 4. The molecule has 2 aromatic heterocycles. The molecule has 11 heteroatoms. The summed E-state index contributed by atoms with van der Waals surface area (Å²) < 4.78 is 7.52. The van der Waals surface area contributed by atoms with Crippen molar-refractivity contribution in [2.45, 2.75) is 39.3 Å². The van der Waals surface area contributed by atoms with Crippen molar-refractivity contribution in [2.24, 2.45) is 0 Å². The molecule has 3 heterocycles. The Morgan fingerprint density at radius 3 is 2.67 bits per heavy atom. The average molecular weight is 455 g/mol. The van der Waals surface area contributed by atoms with Gasteiger partial charge in [0.15, 0.2) is 0 Å². The minimum atomic E-state index is -0.973. The lowest BCUT2D eigenvalue weighted by atomic mass is 10.1. The van der Waals surface area contributed by atoms with Gasteiger partial charge in [-0.05, 0) is 50.6 Å². The van der Waals surface area contributed by atoms with Crippen molar-refractivity contribution < 1.29 is 14.5 Å². The normalized spacial score (nSPS) is 14.5. The molecule has 1 aliphatic heterocycles. The highest BCUT2D eigenvalue weighted by Crippen LogP contribution is 2.28. The van der Waals surface area contributed by atoms with Gasteiger partial charge >= 0.3 is 17.1 Å². The number of carbonyl (C=O) groups excluding carboxylic acids is 1. The highest BCUT2D eigenvalue weighted by Gasteiger charge is 2.21. The number of fused-ring (bicyclic) bond motifs is 1. The number of rotatable bonds is 7. The van der Waals surface area contributed by atoms with E-state index in [0.29, 0.717) is 0 Å². The van der Waals surface area contributed by atoms with Crippen LogP contribution in [0.15, 0.2) is 40.2 Å². The predicted octanol–water partition coefficient (Wildman–Crippen LogP) is 1.94. The van der Waals surface area contributed by atoms with Gasteiger partial charge in [-0.1, -0.05) is 6.42 Å². The number of H-pyrrole nitrogens is 1. The maximum atomic E-state index is 12.5. The maximum absolute atomic E-state index is 12.5. The van der Waals surface area contributed by atoms with Crippen LogP contribution in [0.3, 0.4) is 0 Å². The van der Waals surface area contributed by atoms with Crippen molar-refractivity contribution in [3.63, 3.8) is 0 Å². The SMILES string of the molecule is CCOC(=O)Cn1c(=O)c(=O)[nH]c2cc([N+](=O)[O-])c(-n3ccc(CN4CCCCC4)c3)cc21. The number of esters is 1. The second-order valence-electron chi connectivity index (χ2n) is 8.03. The van der Waals surface area contributed by atoms with Gasteiger partial charge in [-0.25, -0.2) is 0 Å². The zero-order valence-electron chi connectivity index (χ0n) is 18.3. The van der Waals surface area contributed by atoms with E-state index in [1.165, 1.54) is 18.6 Å². The number of hydrogen-bond donors (Lipinski definition) is 1. The Labute approximate surface area is 188 Å². The first kappa shape index (κ1) is 22.5. The maximum Gasteiger partial charge on any atom is 0.326 e. The number of ether oxygens (including phenoxy) is 1. The summed E-state index contributed by atoms with van der Waals surface area (Å²) in [6.45, 7) is 4.06. The van der Waals surface area contributed by atoms with Crippen LogP contribution in [0, 0.1) is 10.1 Å². The Kier molecular flexibility index (Phi) is 6.40. The molecular formula is C22H25N5O6. The van der Waals surface area contributed by atoms with Gasteiger partial charge in [0.05, 0.1) is 22.6 Å². The van der Waals surface area contributed by atoms with E-state index in [-0.39, 0.29) is 29.0 Å². The Morgan fingerprint density at radius 2 is 1.97 bits per heavy atom. The lowest BCUT2D eigenvalue weighted by molar-refractivity contribution is -0.384. The number of nitro benzene ring substituents is 1. The molecule has 1 aromatic carbocycles. The average Bonchev–Trinajstić information content (AvgIpc) is 3.25. The molecule has 1 saturated heterocycles. The molecule has 0 aliphatic carbocycles. The summed E-state index contributed by atoms with van der Waals surface area (Å²) in [7, 11) is 0. The van der Waals surface area contributed by atoms with Gasteiger partial charge in [0.2, 0.25) is 0 Å². The van der Waals surface area contributed by atoms with Crippen LogP contribution in [0.1, 0.15) is 31.7 Å². The first-order chi connectivity index (χ1) is 15.9. The number of hydrogen-bond acceptors (Lipinski definition) is 7. The third-order valence-electron chi connectivity index (χ3n) is 5.75. The summed E-state index contributed by atoms with van der Waals surface area (Å²) in [6.07, 6.45) is 7.10. The van der Waals surface area contributed by atoms with Crippen molar-refractivity contribution in [2.75, 3.05) is 19.7 Å². The van der Waals surface area contributed by atoms with Crippen molar-refractivity contribution in [1.29, 1.82) is 0 Å². The summed E-state index contributed by atoms with van der Waals surface area (Å²) in [4.78, 5) is 52.6. The van der Waals surface area contributed by atoms with Crippen LogP contribution in [0.4, 0.5) is 5.69 Å². The largest absolute Gasteiger partial charge is 0.465 e. The molecule has 0 saturated carbocycles. The summed E-state index contributed by atoms with van der Waals surface area (Å²) in [5.74, 6) is -0.684. The molecule has 0 amide bonds. The van der Waals surface area contributed by atoms with Gasteiger partial charge < -0.3 is 14.3 Å². The van der Waals surface area contributed by atoms with Gasteiger partial charge in [-0.3, -0.25) is 34.0 Å². The van der Waals surface area contributed by atoms with Crippen LogP contribution in [-0.2, 0) is 22.6 Å². The quantitative estimate of drug-likeness (QED) is 0.249. The molecule has 1 aliphatic rings. The number of benzene rings is 1. The second kappa shape index (κ2) is 9.41. The molecule has 0 spiro atoms. The molecule has 1 N–H and O–H groups in total. The molecule has 4 rings (SSSR count). The van der Waals surface area contributed by atoms with Gasteiger partial charge in [0, 0.05) is 25.0 Å². The Morgan fingerprint density at radius 1 is 1.21 bits per heavy atom. The van der Waals surface area contributed by atoms with Crippen LogP contribution >= 0.6 is 0 Å². The third kappa shape index (κ3) is 4.72. The minimum absolute atomic E-state index is 0.0834. The third-order valence-corrected chi connectivity index (χ3v) is 5.75. The Bertz CT molecular complexity index is 1320. The standard InChI is InChI=1S/C22H25N5O6/c1-2-33-20(28)14-26-17-11-18(19(27(31)32)10-16(17)23-21(29)22(26)30)25-9-6-15(13-25)12-24-7-4-3-5-8-24/h6,9-11,13H,2-5,7-8,12,14H2,1H3,(H,23,29).